The van der Waals surface area contributed by atoms with Crippen LogP contribution in [0.15, 0.2) is 4.90 Å². The lowest BCUT2D eigenvalue weighted by molar-refractivity contribution is -0.127. The predicted octanol–water partition coefficient (Wildman–Crippen LogP) is 2.52. The van der Waals surface area contributed by atoms with Crippen LogP contribution in [0.5, 0.6) is 0 Å². The van der Waals surface area contributed by atoms with Crippen molar-refractivity contribution in [3.8, 4) is 0 Å². The molecule has 1 aromatic carbocycles. The number of likely N-dealkylation sites (tertiary alicyclic amines) is 1. The summed E-state index contributed by atoms with van der Waals surface area (Å²) < 4.78 is 28.2. The molecule has 5 nitrogen and oxygen atoms in total. The number of hydrogen-bond donors (Lipinski definition) is 1. The van der Waals surface area contributed by atoms with Gasteiger partial charge in [-0.25, -0.2) is 13.1 Å². The molecule has 24 heavy (non-hydrogen) atoms. The molecule has 1 heterocycles. The Hall–Kier alpha value is -1.40. The van der Waals surface area contributed by atoms with Crippen LogP contribution in [0.25, 0.3) is 0 Å². The van der Waals surface area contributed by atoms with Crippen molar-refractivity contribution in [3.05, 3.63) is 27.8 Å². The summed E-state index contributed by atoms with van der Waals surface area (Å²) in [5.41, 5.74) is 4.84. The third-order valence-electron chi connectivity index (χ3n) is 5.27. The Morgan fingerprint density at radius 2 is 1.50 bits per heavy atom. The molecule has 0 unspecified atom stereocenters. The van der Waals surface area contributed by atoms with Gasteiger partial charge in [0.05, 0.1) is 4.90 Å². The first-order valence-corrected chi connectivity index (χ1v) is 9.99. The van der Waals surface area contributed by atoms with Gasteiger partial charge in [0, 0.05) is 26.1 Å². The Morgan fingerprint density at radius 3 is 2.00 bits per heavy atom. The van der Waals surface area contributed by atoms with Crippen molar-refractivity contribution >= 4 is 15.9 Å². The molecule has 0 bridgehead atoms. The van der Waals surface area contributed by atoms with Crippen molar-refractivity contribution < 1.29 is 13.2 Å². The highest BCUT2D eigenvalue weighted by Crippen LogP contribution is 2.29. The van der Waals surface area contributed by atoms with E-state index in [1.807, 2.05) is 39.5 Å². The molecule has 2 rings (SSSR count). The maximum absolute atomic E-state index is 12.8. The second kappa shape index (κ2) is 7.23. The number of nitrogens with one attached hydrogen (secondary N) is 1. The van der Waals surface area contributed by atoms with E-state index in [0.717, 1.165) is 40.8 Å². The van der Waals surface area contributed by atoms with Gasteiger partial charge in [0.1, 0.15) is 0 Å². The van der Waals surface area contributed by atoms with E-state index in [4.69, 9.17) is 0 Å². The Kier molecular flexibility index (Phi) is 5.71. The van der Waals surface area contributed by atoms with Crippen LogP contribution in [-0.2, 0) is 14.8 Å². The van der Waals surface area contributed by atoms with Gasteiger partial charge in [-0.2, -0.15) is 0 Å². The molecule has 0 radical (unpaired) electrons. The lowest BCUT2D eigenvalue weighted by atomic mass is 9.95. The monoisotopic (exact) mass is 352 g/mol. The number of carbonyl (C=O) groups is 1. The maximum Gasteiger partial charge on any atom is 0.241 e. The standard InChI is InChI=1S/C18H28N2O3S/c1-12-13(2)15(4)18(16(5)14(12)3)24(22,23)19-9-7-11-20-10-6-8-17(20)21/h19H,6-11H2,1-5H3. The van der Waals surface area contributed by atoms with Crippen molar-refractivity contribution in [2.45, 2.75) is 58.8 Å². The molecule has 6 heteroatoms. The van der Waals surface area contributed by atoms with E-state index in [9.17, 15) is 13.2 Å². The van der Waals surface area contributed by atoms with Gasteiger partial charge in [0.15, 0.2) is 0 Å². The summed E-state index contributed by atoms with van der Waals surface area (Å²) in [6.07, 6.45) is 2.16. The molecule has 0 spiro atoms. The molecule has 134 valence electrons. The third kappa shape index (κ3) is 3.64. The average molecular weight is 353 g/mol. The Balaban J connectivity index is 2.09. The minimum Gasteiger partial charge on any atom is -0.343 e. The summed E-state index contributed by atoms with van der Waals surface area (Å²) in [4.78, 5) is 13.8. The normalized spacial score (nSPS) is 15.4. The fourth-order valence-electron chi connectivity index (χ4n) is 3.36. The van der Waals surface area contributed by atoms with Gasteiger partial charge in [0.2, 0.25) is 15.9 Å². The first-order valence-electron chi connectivity index (χ1n) is 8.51. The number of nitrogens with zero attached hydrogens (tertiary/aromatic N) is 1. The summed E-state index contributed by atoms with van der Waals surface area (Å²) >= 11 is 0. The zero-order valence-electron chi connectivity index (χ0n) is 15.3. The number of amides is 1. The van der Waals surface area contributed by atoms with Crippen LogP contribution in [-0.4, -0.2) is 38.9 Å². The highest BCUT2D eigenvalue weighted by molar-refractivity contribution is 7.89. The summed E-state index contributed by atoms with van der Waals surface area (Å²) in [6.45, 7) is 11.5. The van der Waals surface area contributed by atoms with E-state index in [1.54, 1.807) is 0 Å². The smallest absolute Gasteiger partial charge is 0.241 e. The molecular weight excluding hydrogens is 324 g/mol. The summed E-state index contributed by atoms with van der Waals surface area (Å²) in [5, 5.41) is 0. The molecule has 0 saturated carbocycles. The number of rotatable bonds is 6. The Morgan fingerprint density at radius 1 is 0.958 bits per heavy atom. The summed E-state index contributed by atoms with van der Waals surface area (Å²) in [5.74, 6) is 0.175. The van der Waals surface area contributed by atoms with Gasteiger partial charge < -0.3 is 4.90 Å². The Labute approximate surface area is 145 Å². The molecule has 1 N–H and O–H groups in total. The lowest BCUT2D eigenvalue weighted by Gasteiger charge is -2.19. The highest BCUT2D eigenvalue weighted by Gasteiger charge is 2.24. The van der Waals surface area contributed by atoms with Crippen molar-refractivity contribution in [2.75, 3.05) is 19.6 Å². The zero-order valence-corrected chi connectivity index (χ0v) is 16.1. The van der Waals surface area contributed by atoms with E-state index in [0.29, 0.717) is 30.8 Å². The molecule has 1 amide bonds. The molecule has 1 aliphatic rings. The second-order valence-electron chi connectivity index (χ2n) is 6.69. The molecule has 1 fully saturated rings. The SMILES string of the molecule is Cc1c(C)c(C)c(S(=O)(=O)NCCCN2CCCC2=O)c(C)c1C. The fraction of sp³-hybridized carbons (Fsp3) is 0.611. The van der Waals surface area contributed by atoms with Crippen LogP contribution in [0, 0.1) is 34.6 Å². The predicted molar refractivity (Wildman–Crippen MR) is 95.7 cm³/mol. The van der Waals surface area contributed by atoms with E-state index >= 15 is 0 Å². The molecule has 0 aromatic heterocycles. The molecular formula is C18H28N2O3S. The number of benzene rings is 1. The maximum atomic E-state index is 12.8. The molecule has 1 aliphatic heterocycles. The zero-order chi connectivity index (χ0) is 18.1. The van der Waals surface area contributed by atoms with Gasteiger partial charge in [-0.1, -0.05) is 0 Å². The average Bonchev–Trinajstić information content (AvgIpc) is 2.93. The van der Waals surface area contributed by atoms with Crippen LogP contribution in [0.2, 0.25) is 0 Å². The molecule has 1 saturated heterocycles. The minimum atomic E-state index is -3.55. The van der Waals surface area contributed by atoms with E-state index in [1.165, 1.54) is 0 Å². The van der Waals surface area contributed by atoms with E-state index in [2.05, 4.69) is 4.72 Å². The van der Waals surface area contributed by atoms with Crippen LogP contribution in [0.4, 0.5) is 0 Å². The topological polar surface area (TPSA) is 66.5 Å². The van der Waals surface area contributed by atoms with Gasteiger partial charge in [0.25, 0.3) is 0 Å². The van der Waals surface area contributed by atoms with E-state index in [-0.39, 0.29) is 5.91 Å². The Bertz CT molecular complexity index is 725. The second-order valence-corrected chi connectivity index (χ2v) is 8.39. The third-order valence-corrected chi connectivity index (χ3v) is 7.00. The largest absolute Gasteiger partial charge is 0.343 e. The number of hydrogen-bond acceptors (Lipinski definition) is 3. The van der Waals surface area contributed by atoms with Gasteiger partial charge >= 0.3 is 0 Å². The van der Waals surface area contributed by atoms with Gasteiger partial charge in [-0.15, -0.1) is 0 Å². The number of carbonyl (C=O) groups excluding carboxylic acids is 1. The van der Waals surface area contributed by atoms with Crippen molar-refractivity contribution in [2.24, 2.45) is 0 Å². The molecule has 1 aromatic rings. The first kappa shape index (κ1) is 18.9. The van der Waals surface area contributed by atoms with Gasteiger partial charge in [-0.3, -0.25) is 4.79 Å². The van der Waals surface area contributed by atoms with Crippen molar-refractivity contribution in [1.82, 2.24) is 9.62 Å². The van der Waals surface area contributed by atoms with Crippen LogP contribution >= 0.6 is 0 Å². The van der Waals surface area contributed by atoms with Crippen LogP contribution in [0.3, 0.4) is 0 Å². The summed E-state index contributed by atoms with van der Waals surface area (Å²) in [6, 6.07) is 0. The van der Waals surface area contributed by atoms with E-state index < -0.39 is 10.0 Å². The van der Waals surface area contributed by atoms with Gasteiger partial charge in [-0.05, 0) is 75.3 Å². The van der Waals surface area contributed by atoms with Crippen molar-refractivity contribution in [3.63, 3.8) is 0 Å². The highest BCUT2D eigenvalue weighted by atomic mass is 32.2. The van der Waals surface area contributed by atoms with Crippen LogP contribution < -0.4 is 4.72 Å². The van der Waals surface area contributed by atoms with Crippen molar-refractivity contribution in [1.29, 1.82) is 0 Å². The summed E-state index contributed by atoms with van der Waals surface area (Å²) in [7, 11) is -3.55. The first-order chi connectivity index (χ1) is 11.2. The number of sulfonamides is 1. The quantitative estimate of drug-likeness (QED) is 0.800. The van der Waals surface area contributed by atoms with Crippen LogP contribution in [0.1, 0.15) is 47.1 Å². The fourth-order valence-corrected chi connectivity index (χ4v) is 5.03. The minimum absolute atomic E-state index is 0.175. The molecule has 0 atom stereocenters. The lowest BCUT2D eigenvalue weighted by Crippen LogP contribution is -2.31. The molecule has 0 aliphatic carbocycles.